The topological polar surface area (TPSA) is 37.3 Å². The molecule has 0 aromatic rings. The summed E-state index contributed by atoms with van der Waals surface area (Å²) < 4.78 is 0. The molecule has 5 aliphatic rings. The van der Waals surface area contributed by atoms with Crippen LogP contribution in [0.15, 0.2) is 0 Å². The Morgan fingerprint density at radius 3 is 2.12 bits per heavy atom. The lowest BCUT2D eigenvalue weighted by atomic mass is 9.32. The van der Waals surface area contributed by atoms with Crippen LogP contribution >= 0.6 is 0 Å². The van der Waals surface area contributed by atoms with Gasteiger partial charge in [-0.05, 0) is 128 Å². The van der Waals surface area contributed by atoms with Gasteiger partial charge in [0, 0.05) is 5.41 Å². The molecule has 5 unspecified atom stereocenters. The van der Waals surface area contributed by atoms with Gasteiger partial charge in [-0.3, -0.25) is 4.79 Å². The Morgan fingerprint density at radius 1 is 0.788 bits per heavy atom. The minimum atomic E-state index is -0.150. The highest BCUT2D eigenvalue weighted by molar-refractivity contribution is 5.83. The van der Waals surface area contributed by atoms with Gasteiger partial charge in [-0.25, -0.2) is 0 Å². The van der Waals surface area contributed by atoms with E-state index >= 15 is 0 Å². The van der Waals surface area contributed by atoms with Crippen LogP contribution in [-0.4, -0.2) is 17.0 Å². The van der Waals surface area contributed by atoms with E-state index in [9.17, 15) is 9.90 Å². The first kappa shape index (κ1) is 24.3. The number of rotatable bonds is 2. The SMILES string of the molecule is CC(=O)[C@]12CCC(C(C)C)C1C1CCC3[C@@]4(C)CC[C@H](O)C(C)(C)C4CC[C@@]3(C)[C@]1(C)CC2. The van der Waals surface area contributed by atoms with Gasteiger partial charge >= 0.3 is 0 Å². The predicted molar refractivity (Wildman–Crippen MR) is 136 cm³/mol. The molecular formula is C31H52O2. The molecule has 5 rings (SSSR count). The second kappa shape index (κ2) is 7.33. The van der Waals surface area contributed by atoms with Gasteiger partial charge in [0.15, 0.2) is 0 Å². The summed E-state index contributed by atoms with van der Waals surface area (Å²) in [6, 6.07) is 0. The first-order chi connectivity index (χ1) is 15.3. The first-order valence-electron chi connectivity index (χ1n) is 14.4. The van der Waals surface area contributed by atoms with E-state index in [-0.39, 0.29) is 16.9 Å². The number of carbonyl (C=O) groups excluding carboxylic acids is 1. The van der Waals surface area contributed by atoms with Crippen LogP contribution in [0.5, 0.6) is 0 Å². The van der Waals surface area contributed by atoms with Crippen molar-refractivity contribution < 1.29 is 9.90 Å². The predicted octanol–water partition coefficient (Wildman–Crippen LogP) is 7.67. The number of aliphatic hydroxyl groups is 1. The fraction of sp³-hybridized carbons (Fsp3) is 0.968. The van der Waals surface area contributed by atoms with Crippen molar-refractivity contribution in [3.05, 3.63) is 0 Å². The van der Waals surface area contributed by atoms with Crippen LogP contribution < -0.4 is 0 Å². The summed E-state index contributed by atoms with van der Waals surface area (Å²) in [6.07, 6.45) is 12.1. The van der Waals surface area contributed by atoms with Crippen molar-refractivity contribution in [1.82, 2.24) is 0 Å². The third kappa shape index (κ3) is 2.85. The number of aliphatic hydroxyl groups excluding tert-OH is 1. The van der Waals surface area contributed by atoms with E-state index < -0.39 is 0 Å². The molecule has 33 heavy (non-hydrogen) atoms. The van der Waals surface area contributed by atoms with E-state index in [1.165, 1.54) is 44.9 Å². The summed E-state index contributed by atoms with van der Waals surface area (Å²) in [5, 5.41) is 10.9. The third-order valence-corrected chi connectivity index (χ3v) is 14.0. The van der Waals surface area contributed by atoms with Gasteiger partial charge in [-0.2, -0.15) is 0 Å². The van der Waals surface area contributed by atoms with Crippen LogP contribution in [0.3, 0.4) is 0 Å². The van der Waals surface area contributed by atoms with E-state index in [4.69, 9.17) is 0 Å². The highest BCUT2D eigenvalue weighted by Crippen LogP contribution is 2.77. The summed E-state index contributed by atoms with van der Waals surface area (Å²) >= 11 is 0. The van der Waals surface area contributed by atoms with Gasteiger partial charge in [0.2, 0.25) is 0 Å². The Morgan fingerprint density at radius 2 is 1.48 bits per heavy atom. The Kier molecular flexibility index (Phi) is 5.40. The normalized spacial score (nSPS) is 55.3. The molecule has 2 heteroatoms. The van der Waals surface area contributed by atoms with E-state index in [0.29, 0.717) is 45.7 Å². The number of hydrogen-bond acceptors (Lipinski definition) is 2. The fourth-order valence-electron chi connectivity index (χ4n) is 12.0. The summed E-state index contributed by atoms with van der Waals surface area (Å²) in [5.74, 6) is 4.58. The zero-order valence-electron chi connectivity index (χ0n) is 23.0. The largest absolute Gasteiger partial charge is 0.393 e. The minimum Gasteiger partial charge on any atom is -0.393 e. The van der Waals surface area contributed by atoms with Crippen LogP contribution in [-0.2, 0) is 4.79 Å². The summed E-state index contributed by atoms with van der Waals surface area (Å²) in [4.78, 5) is 13.2. The zero-order chi connectivity index (χ0) is 24.2. The standard InChI is InChI=1S/C31H52O2/c1-19(2)21-11-16-31(20(3)32)18-17-29(7)22(26(21)31)9-10-24-28(6)14-13-25(33)27(4,5)23(28)12-15-30(24,29)8/h19,21-26,33H,9-18H2,1-8H3/t21?,22?,23?,24?,25-,26?,28-,29+,30+,31+/m0/s1. The second-order valence-corrected chi connectivity index (χ2v) is 15.2. The molecule has 5 fully saturated rings. The van der Waals surface area contributed by atoms with Crippen molar-refractivity contribution in [3.63, 3.8) is 0 Å². The molecule has 10 atom stereocenters. The zero-order valence-corrected chi connectivity index (χ0v) is 23.0. The van der Waals surface area contributed by atoms with Crippen molar-refractivity contribution in [1.29, 1.82) is 0 Å². The maximum absolute atomic E-state index is 13.2. The molecule has 2 nitrogen and oxygen atoms in total. The average Bonchev–Trinajstić information content (AvgIpc) is 3.13. The van der Waals surface area contributed by atoms with Crippen LogP contribution in [0, 0.1) is 62.6 Å². The van der Waals surface area contributed by atoms with Crippen molar-refractivity contribution in [2.24, 2.45) is 62.6 Å². The van der Waals surface area contributed by atoms with Gasteiger partial charge in [-0.1, -0.05) is 48.5 Å². The van der Waals surface area contributed by atoms with Crippen molar-refractivity contribution in [3.8, 4) is 0 Å². The molecule has 0 aromatic carbocycles. The molecule has 0 bridgehead atoms. The van der Waals surface area contributed by atoms with E-state index in [0.717, 1.165) is 31.1 Å². The molecule has 1 N–H and O–H groups in total. The number of hydrogen-bond donors (Lipinski definition) is 1. The maximum atomic E-state index is 13.2. The minimum absolute atomic E-state index is 0.0244. The Balaban J connectivity index is 1.56. The first-order valence-corrected chi connectivity index (χ1v) is 14.4. The summed E-state index contributed by atoms with van der Waals surface area (Å²) in [6.45, 7) is 19.4. The number of Topliss-reactive ketones (excluding diaryl/α,β-unsaturated/α-hetero) is 1. The second-order valence-electron chi connectivity index (χ2n) is 15.2. The van der Waals surface area contributed by atoms with E-state index in [1.807, 2.05) is 6.92 Å². The Hall–Kier alpha value is -0.370. The Bertz CT molecular complexity index is 814. The lowest BCUT2D eigenvalue weighted by molar-refractivity contribution is -0.247. The van der Waals surface area contributed by atoms with Crippen LogP contribution in [0.1, 0.15) is 120 Å². The van der Waals surface area contributed by atoms with Crippen molar-refractivity contribution in [2.75, 3.05) is 0 Å². The molecular weight excluding hydrogens is 404 g/mol. The molecule has 188 valence electrons. The quantitative estimate of drug-likeness (QED) is 0.463. The third-order valence-electron chi connectivity index (χ3n) is 14.0. The molecule has 0 spiro atoms. The fourth-order valence-corrected chi connectivity index (χ4v) is 12.0. The smallest absolute Gasteiger partial charge is 0.136 e. The Labute approximate surface area is 204 Å². The van der Waals surface area contributed by atoms with Crippen LogP contribution in [0.4, 0.5) is 0 Å². The van der Waals surface area contributed by atoms with Crippen molar-refractivity contribution in [2.45, 2.75) is 126 Å². The lowest BCUT2D eigenvalue weighted by Gasteiger charge is -2.73. The van der Waals surface area contributed by atoms with Gasteiger partial charge in [0.1, 0.15) is 5.78 Å². The van der Waals surface area contributed by atoms with Gasteiger partial charge < -0.3 is 5.11 Å². The molecule has 0 amide bonds. The van der Waals surface area contributed by atoms with Gasteiger partial charge in [0.05, 0.1) is 6.10 Å². The highest BCUT2D eigenvalue weighted by atomic mass is 16.3. The van der Waals surface area contributed by atoms with Crippen LogP contribution in [0.25, 0.3) is 0 Å². The van der Waals surface area contributed by atoms with E-state index in [1.54, 1.807) is 0 Å². The molecule has 0 radical (unpaired) electrons. The summed E-state index contributed by atoms with van der Waals surface area (Å²) in [5.41, 5.74) is 1.03. The molecule has 5 saturated carbocycles. The molecule has 0 aliphatic heterocycles. The number of ketones is 1. The number of carbonyl (C=O) groups is 1. The van der Waals surface area contributed by atoms with Crippen molar-refractivity contribution >= 4 is 5.78 Å². The van der Waals surface area contributed by atoms with Gasteiger partial charge in [0.25, 0.3) is 0 Å². The molecule has 0 heterocycles. The maximum Gasteiger partial charge on any atom is 0.136 e. The summed E-state index contributed by atoms with van der Waals surface area (Å²) in [7, 11) is 0. The molecule has 0 aromatic heterocycles. The van der Waals surface area contributed by atoms with Gasteiger partial charge in [-0.15, -0.1) is 0 Å². The number of fused-ring (bicyclic) bond motifs is 7. The highest BCUT2D eigenvalue weighted by Gasteiger charge is 2.71. The monoisotopic (exact) mass is 456 g/mol. The van der Waals surface area contributed by atoms with E-state index in [2.05, 4.69) is 48.5 Å². The molecule has 5 aliphatic carbocycles. The average molecular weight is 457 g/mol. The van der Waals surface area contributed by atoms with Crippen LogP contribution in [0.2, 0.25) is 0 Å². The molecule has 0 saturated heterocycles. The lowest BCUT2D eigenvalue weighted by Crippen LogP contribution is -2.67.